The number of nitrogens with one attached hydrogen (secondary N) is 2. The van der Waals surface area contributed by atoms with Crippen LogP contribution in [-0.4, -0.2) is 23.2 Å². The fourth-order valence-electron chi connectivity index (χ4n) is 1.07. The van der Waals surface area contributed by atoms with Gasteiger partial charge in [0.05, 0.1) is 6.54 Å². The number of hydrogen-bond donors (Lipinski definition) is 2. The summed E-state index contributed by atoms with van der Waals surface area (Å²) in [7, 11) is 1.74. The predicted octanol–water partition coefficient (Wildman–Crippen LogP) is 1.57. The van der Waals surface area contributed by atoms with Gasteiger partial charge in [0.15, 0.2) is 0 Å². The zero-order chi connectivity index (χ0) is 11.4. The zero-order valence-corrected chi connectivity index (χ0v) is 10.2. The Morgan fingerprint density at radius 1 is 1.50 bits per heavy atom. The van der Waals surface area contributed by atoms with E-state index in [4.69, 9.17) is 0 Å². The minimum atomic E-state index is -0.188. The van der Waals surface area contributed by atoms with Crippen molar-refractivity contribution < 1.29 is 4.79 Å². The van der Waals surface area contributed by atoms with Gasteiger partial charge in [-0.1, -0.05) is 17.4 Å². The molecule has 2 N–H and O–H groups in total. The smallest absolute Gasteiger partial charge is 0.282 e. The molecule has 0 saturated heterocycles. The molecule has 0 atom stereocenters. The lowest BCUT2D eigenvalue weighted by atomic mass is 10.4. The van der Waals surface area contributed by atoms with Gasteiger partial charge >= 0.3 is 0 Å². The van der Waals surface area contributed by atoms with Crippen LogP contribution in [0, 0.1) is 0 Å². The summed E-state index contributed by atoms with van der Waals surface area (Å²) in [6.07, 6.45) is 0. The first kappa shape index (κ1) is 11.0. The molecule has 0 unspecified atom stereocenters. The van der Waals surface area contributed by atoms with Crippen LogP contribution in [0.3, 0.4) is 0 Å². The van der Waals surface area contributed by atoms with E-state index in [-0.39, 0.29) is 5.91 Å². The lowest BCUT2D eigenvalue weighted by Gasteiger charge is -1.98. The van der Waals surface area contributed by atoms with Crippen LogP contribution in [0.1, 0.15) is 14.7 Å². The summed E-state index contributed by atoms with van der Waals surface area (Å²) < 4.78 is 0. The molecule has 7 heteroatoms. The molecule has 2 aromatic rings. The number of rotatable bonds is 4. The molecule has 0 bridgehead atoms. The molecular formula is C9H10N4OS2. The Bertz CT molecular complexity index is 466. The van der Waals surface area contributed by atoms with Crippen molar-refractivity contribution in [1.29, 1.82) is 0 Å². The van der Waals surface area contributed by atoms with Crippen LogP contribution in [0.5, 0.6) is 0 Å². The zero-order valence-electron chi connectivity index (χ0n) is 8.56. The standard InChI is InChI=1S/C9H10N4OS2/c1-10-9-13-12-8(16-9)7(14)11-5-6-3-2-4-15-6/h2-4H,5H2,1H3,(H,10,13)(H,11,14). The van der Waals surface area contributed by atoms with Crippen molar-refractivity contribution in [3.05, 3.63) is 27.4 Å². The van der Waals surface area contributed by atoms with Gasteiger partial charge in [-0.15, -0.1) is 21.5 Å². The van der Waals surface area contributed by atoms with E-state index in [2.05, 4.69) is 20.8 Å². The molecule has 0 fully saturated rings. The van der Waals surface area contributed by atoms with Crippen molar-refractivity contribution >= 4 is 33.7 Å². The van der Waals surface area contributed by atoms with Crippen LogP contribution in [-0.2, 0) is 6.54 Å². The van der Waals surface area contributed by atoms with Gasteiger partial charge in [-0.05, 0) is 11.4 Å². The third-order valence-corrected chi connectivity index (χ3v) is 3.65. The van der Waals surface area contributed by atoms with Gasteiger partial charge in [-0.25, -0.2) is 0 Å². The Hall–Kier alpha value is -1.47. The monoisotopic (exact) mass is 254 g/mol. The van der Waals surface area contributed by atoms with Crippen LogP contribution < -0.4 is 10.6 Å². The summed E-state index contributed by atoms with van der Waals surface area (Å²) in [5, 5.41) is 16.2. The van der Waals surface area contributed by atoms with E-state index in [1.807, 2.05) is 17.5 Å². The first-order chi connectivity index (χ1) is 7.79. The number of carbonyl (C=O) groups is 1. The molecule has 2 rings (SSSR count). The minimum Gasteiger partial charge on any atom is -0.363 e. The van der Waals surface area contributed by atoms with Crippen LogP contribution in [0.2, 0.25) is 0 Å². The SMILES string of the molecule is CNc1nnc(C(=O)NCc2cccs2)s1. The average molecular weight is 254 g/mol. The molecule has 0 aromatic carbocycles. The van der Waals surface area contributed by atoms with Crippen LogP contribution in [0.15, 0.2) is 17.5 Å². The second-order valence-corrected chi connectivity index (χ2v) is 4.93. The maximum Gasteiger partial charge on any atom is 0.282 e. The number of aromatic nitrogens is 2. The summed E-state index contributed by atoms with van der Waals surface area (Å²) in [4.78, 5) is 12.8. The van der Waals surface area contributed by atoms with E-state index in [1.54, 1.807) is 18.4 Å². The van der Waals surface area contributed by atoms with E-state index in [1.165, 1.54) is 11.3 Å². The summed E-state index contributed by atoms with van der Waals surface area (Å²) in [5.74, 6) is -0.188. The van der Waals surface area contributed by atoms with Crippen molar-refractivity contribution in [3.8, 4) is 0 Å². The summed E-state index contributed by atoms with van der Waals surface area (Å²) in [6.45, 7) is 0.533. The van der Waals surface area contributed by atoms with E-state index >= 15 is 0 Å². The van der Waals surface area contributed by atoms with Crippen molar-refractivity contribution in [1.82, 2.24) is 15.5 Å². The maximum absolute atomic E-state index is 11.6. The van der Waals surface area contributed by atoms with Crippen LogP contribution >= 0.6 is 22.7 Å². The molecule has 84 valence electrons. The lowest BCUT2D eigenvalue weighted by molar-refractivity contribution is 0.0950. The number of thiophene rings is 1. The highest BCUT2D eigenvalue weighted by Gasteiger charge is 2.11. The molecule has 0 radical (unpaired) electrons. The normalized spacial score (nSPS) is 10.1. The van der Waals surface area contributed by atoms with E-state index in [0.717, 1.165) is 4.88 Å². The molecule has 0 aliphatic heterocycles. The molecule has 5 nitrogen and oxygen atoms in total. The summed E-state index contributed by atoms with van der Waals surface area (Å²) in [5.41, 5.74) is 0. The van der Waals surface area contributed by atoms with Crippen molar-refractivity contribution in [2.24, 2.45) is 0 Å². The van der Waals surface area contributed by atoms with Gasteiger partial charge in [0.1, 0.15) is 0 Å². The highest BCUT2D eigenvalue weighted by atomic mass is 32.1. The number of hydrogen-bond acceptors (Lipinski definition) is 6. The number of nitrogens with zero attached hydrogens (tertiary/aromatic N) is 2. The van der Waals surface area contributed by atoms with Crippen molar-refractivity contribution in [2.75, 3.05) is 12.4 Å². The van der Waals surface area contributed by atoms with Gasteiger partial charge < -0.3 is 10.6 Å². The number of amides is 1. The molecule has 1 amide bonds. The van der Waals surface area contributed by atoms with Gasteiger partial charge in [-0.2, -0.15) is 0 Å². The molecule has 0 spiro atoms. The first-order valence-electron chi connectivity index (χ1n) is 4.61. The molecule has 0 aliphatic rings. The third kappa shape index (κ3) is 2.56. The van der Waals surface area contributed by atoms with Gasteiger partial charge in [0.25, 0.3) is 5.91 Å². The van der Waals surface area contributed by atoms with Gasteiger partial charge in [0.2, 0.25) is 10.1 Å². The summed E-state index contributed by atoms with van der Waals surface area (Å²) >= 11 is 2.85. The Balaban J connectivity index is 1.93. The topological polar surface area (TPSA) is 66.9 Å². The average Bonchev–Trinajstić information content (AvgIpc) is 2.96. The fraction of sp³-hybridized carbons (Fsp3) is 0.222. The third-order valence-electron chi connectivity index (χ3n) is 1.84. The van der Waals surface area contributed by atoms with Crippen molar-refractivity contribution in [2.45, 2.75) is 6.54 Å². The molecule has 0 saturated carbocycles. The lowest BCUT2D eigenvalue weighted by Crippen LogP contribution is -2.22. The molecule has 2 aromatic heterocycles. The Morgan fingerprint density at radius 2 is 2.38 bits per heavy atom. The quantitative estimate of drug-likeness (QED) is 0.869. The molecule has 2 heterocycles. The van der Waals surface area contributed by atoms with Crippen LogP contribution in [0.4, 0.5) is 5.13 Å². The predicted molar refractivity (Wildman–Crippen MR) is 64.9 cm³/mol. The number of anilines is 1. The first-order valence-corrected chi connectivity index (χ1v) is 6.31. The maximum atomic E-state index is 11.6. The highest BCUT2D eigenvalue weighted by Crippen LogP contribution is 2.14. The van der Waals surface area contributed by atoms with Gasteiger partial charge in [-0.3, -0.25) is 4.79 Å². The largest absolute Gasteiger partial charge is 0.363 e. The summed E-state index contributed by atoms with van der Waals surface area (Å²) in [6, 6.07) is 3.93. The molecule has 0 aliphatic carbocycles. The Morgan fingerprint density at radius 3 is 3.00 bits per heavy atom. The molecule has 16 heavy (non-hydrogen) atoms. The Kier molecular flexibility index (Phi) is 3.47. The second-order valence-electron chi connectivity index (χ2n) is 2.92. The second kappa shape index (κ2) is 5.04. The number of carbonyl (C=O) groups excluding carboxylic acids is 1. The van der Waals surface area contributed by atoms with Gasteiger partial charge in [0, 0.05) is 11.9 Å². The molecular weight excluding hydrogens is 244 g/mol. The Labute approximate surface area is 101 Å². The van der Waals surface area contributed by atoms with E-state index in [9.17, 15) is 4.79 Å². The fourth-order valence-corrected chi connectivity index (χ4v) is 2.33. The van der Waals surface area contributed by atoms with E-state index in [0.29, 0.717) is 16.7 Å². The van der Waals surface area contributed by atoms with E-state index < -0.39 is 0 Å². The van der Waals surface area contributed by atoms with Crippen LogP contribution in [0.25, 0.3) is 0 Å². The minimum absolute atomic E-state index is 0.188. The van der Waals surface area contributed by atoms with Crippen molar-refractivity contribution in [3.63, 3.8) is 0 Å². The highest BCUT2D eigenvalue weighted by molar-refractivity contribution is 7.17.